The van der Waals surface area contributed by atoms with E-state index in [0.29, 0.717) is 36.4 Å². The quantitative estimate of drug-likeness (QED) is 0.0534. The average Bonchev–Trinajstić information content (AvgIpc) is 2.92. The van der Waals surface area contributed by atoms with Gasteiger partial charge in [-0.1, -0.05) is 54.6 Å². The Hall–Kier alpha value is -2.72. The summed E-state index contributed by atoms with van der Waals surface area (Å²) >= 11 is 0. The van der Waals surface area contributed by atoms with Crippen LogP contribution >= 0.6 is 7.92 Å². The summed E-state index contributed by atoms with van der Waals surface area (Å²) in [6.45, 7) is 0. The molecule has 37 heteroatoms. The summed E-state index contributed by atoms with van der Waals surface area (Å²) in [4.78, 5) is 0. The van der Waals surface area contributed by atoms with Gasteiger partial charge in [-0.15, -0.1) is 0 Å². The minimum Gasteiger partial charge on any atom is -0.283 e. The molecular weight excluding hydrogens is 1000 g/mol. The molecule has 0 saturated carbocycles. The van der Waals surface area contributed by atoms with Crippen LogP contribution < -0.4 is 15.9 Å². The predicted octanol–water partition coefficient (Wildman–Crippen LogP) is -3.23. The van der Waals surface area contributed by atoms with E-state index in [-0.39, 0.29) is 36.4 Å². The molecule has 0 aliphatic rings. The van der Waals surface area contributed by atoms with Crippen molar-refractivity contribution in [3.8, 4) is 0 Å². The molecule has 3 aromatic carbocycles. The van der Waals surface area contributed by atoms with Crippen LogP contribution in [0.3, 0.4) is 0 Å². The highest BCUT2D eigenvalue weighted by Crippen LogP contribution is 2.46. The van der Waals surface area contributed by atoms with E-state index >= 15 is 0 Å². The van der Waals surface area contributed by atoms with Crippen LogP contribution in [0.5, 0.6) is 0 Å². The summed E-state index contributed by atoms with van der Waals surface area (Å²) in [6.07, 6.45) is 0. The first-order chi connectivity index (χ1) is 25.5. The van der Waals surface area contributed by atoms with E-state index in [1.54, 1.807) is 0 Å². The van der Waals surface area contributed by atoms with Crippen molar-refractivity contribution in [3.63, 3.8) is 0 Å². The van der Waals surface area contributed by atoms with Gasteiger partial charge in [0.25, 0.3) is 0 Å². The van der Waals surface area contributed by atoms with Crippen LogP contribution in [-0.2, 0) is 101 Å². The van der Waals surface area contributed by atoms with Gasteiger partial charge < -0.3 is 0 Å². The minimum atomic E-state index is -6.85. The number of benzene rings is 3. The van der Waals surface area contributed by atoms with Crippen molar-refractivity contribution in [2.75, 3.05) is 0 Å². The van der Waals surface area contributed by atoms with Gasteiger partial charge in [0.05, 0.1) is 0 Å². The summed E-state index contributed by atoms with van der Waals surface area (Å²) in [6, 6.07) is 3.81. The number of hydrogen-bond acceptors (Lipinski definition) is 18. The van der Waals surface area contributed by atoms with Gasteiger partial charge in [0.1, 0.15) is 0 Å². The molecule has 58 heavy (non-hydrogen) atoms. The summed E-state index contributed by atoms with van der Waals surface area (Å²) in [7, 11) is -65.1. The van der Waals surface area contributed by atoms with Gasteiger partial charge in [0.2, 0.25) is 0 Å². The molecule has 0 unspecified atom stereocenters. The number of rotatable bonds is 15. The Morgan fingerprint density at radius 3 is 0.586 bits per heavy atom. The van der Waals surface area contributed by atoms with E-state index in [9.17, 15) is 117 Å². The molecule has 3 aromatic rings. The maximum atomic E-state index is 12.4. The fraction of sp³-hybridized carbons (Fsp3) is 0.143. The minimum absolute atomic E-state index is 0.0313. The second-order valence-electron chi connectivity index (χ2n) is 10.9. The molecule has 0 aliphatic carbocycles. The van der Waals surface area contributed by atoms with Gasteiger partial charge in [0, 0.05) is 16.7 Å². The monoisotopic (exact) mass is 1020 g/mol. The maximum absolute atomic E-state index is 12.4. The van der Waals surface area contributed by atoms with Crippen LogP contribution in [0.15, 0.2) is 72.8 Å². The molecule has 0 amide bonds. The SMILES string of the molecule is O=S(=O)(O)C(c1cccc(P(c2cccc(C(S(=O)(=O)O)(S(=O)(=O)O)S(=O)(=O)O)c2)c2cccc(C(S(=O)(=O)O)(S(=O)(=O)O)S(=O)(=O)O)c2)c1)(S(=O)(=O)O)S(=O)(=O)O. The Kier molecular flexibility index (Phi) is 12.6. The van der Waals surface area contributed by atoms with Crippen molar-refractivity contribution in [2.24, 2.45) is 0 Å². The molecule has 0 aromatic heterocycles. The van der Waals surface area contributed by atoms with Crippen molar-refractivity contribution >= 4 is 115 Å². The molecule has 0 bridgehead atoms. The third kappa shape index (κ3) is 7.62. The summed E-state index contributed by atoms with van der Waals surface area (Å²) < 4.78 is 297. The van der Waals surface area contributed by atoms with Gasteiger partial charge >= 0.3 is 101 Å². The second kappa shape index (κ2) is 14.7. The lowest BCUT2D eigenvalue weighted by atomic mass is 10.2. The molecule has 9 N–H and O–H groups in total. The lowest BCUT2D eigenvalue weighted by Crippen LogP contribution is -2.50. The van der Waals surface area contributed by atoms with Crippen LogP contribution in [0.2, 0.25) is 0 Å². The van der Waals surface area contributed by atoms with Crippen LogP contribution in [0, 0.1) is 0 Å². The largest absolute Gasteiger partial charge is 0.370 e. The highest BCUT2D eigenvalue weighted by Gasteiger charge is 2.69. The van der Waals surface area contributed by atoms with Gasteiger partial charge in [-0.3, -0.25) is 41.0 Å². The van der Waals surface area contributed by atoms with E-state index in [1.807, 2.05) is 0 Å². The fourth-order valence-electron chi connectivity index (χ4n) is 5.49. The first kappa shape index (κ1) is 49.6. The Balaban J connectivity index is 2.83. The first-order valence-electron chi connectivity index (χ1n) is 13.4. The van der Waals surface area contributed by atoms with Crippen molar-refractivity contribution in [1.82, 2.24) is 0 Å². The van der Waals surface area contributed by atoms with Crippen LogP contribution in [0.1, 0.15) is 16.7 Å². The molecule has 0 heterocycles. The van der Waals surface area contributed by atoms with Crippen molar-refractivity contribution in [2.45, 2.75) is 10.2 Å². The fourth-order valence-corrected chi connectivity index (χ4v) is 21.3. The molecule has 0 atom stereocenters. The molecule has 0 radical (unpaired) electrons. The summed E-state index contributed by atoms with van der Waals surface area (Å²) in [5.74, 6) is 0. The molecule has 0 spiro atoms. The molecule has 0 fully saturated rings. The summed E-state index contributed by atoms with van der Waals surface area (Å²) in [5, 5.41) is -2.89. The zero-order chi connectivity index (χ0) is 45.5. The Morgan fingerprint density at radius 2 is 0.448 bits per heavy atom. The van der Waals surface area contributed by atoms with Crippen LogP contribution in [0.25, 0.3) is 0 Å². The standard InChI is InChI=1S/C21H21O27PS9/c22-50(23,24)19(51(25,26)27,52(28,29)30)13-4-1-7-16(10-13)49(17-8-2-5-14(11-17)20(53(31,32)33,54(34,35)36)55(37,38)39)18-9-3-6-15(12-18)21(56(40,41)42,57(43,44)45)58(46,47)48/h1-12H,(H,22,23,24)(H,25,26,27)(H,28,29,30)(H,31,32,33)(H,34,35,36)(H,37,38,39)(H,40,41,42)(H,43,44,45)(H,46,47,48). The molecule has 326 valence electrons. The predicted molar refractivity (Wildman–Crippen MR) is 194 cm³/mol. The topological polar surface area (TPSA) is 489 Å². The molecule has 3 rings (SSSR count). The van der Waals surface area contributed by atoms with Crippen molar-refractivity contribution < 1.29 is 117 Å². The lowest BCUT2D eigenvalue weighted by Gasteiger charge is -2.29. The van der Waals surface area contributed by atoms with Crippen molar-refractivity contribution in [3.05, 3.63) is 89.5 Å². The van der Waals surface area contributed by atoms with Crippen molar-refractivity contribution in [1.29, 1.82) is 0 Å². The van der Waals surface area contributed by atoms with Gasteiger partial charge in [-0.2, -0.15) is 75.8 Å². The second-order valence-corrected chi connectivity index (χ2v) is 29.5. The van der Waals surface area contributed by atoms with E-state index in [0.717, 1.165) is 0 Å². The van der Waals surface area contributed by atoms with E-state index < -0.39 is 142 Å². The van der Waals surface area contributed by atoms with Crippen LogP contribution in [0.4, 0.5) is 0 Å². The summed E-state index contributed by atoms with van der Waals surface area (Å²) in [5.41, 5.74) is -5.61. The van der Waals surface area contributed by atoms with E-state index in [1.165, 1.54) is 0 Å². The lowest BCUT2D eigenvalue weighted by molar-refractivity contribution is 0.419. The molecule has 0 saturated heterocycles. The number of hydrogen-bond donors (Lipinski definition) is 9. The third-order valence-corrected chi connectivity index (χ3v) is 29.4. The highest BCUT2D eigenvalue weighted by molar-refractivity contribution is 8.21. The normalized spacial score (nSPS) is 15.0. The van der Waals surface area contributed by atoms with E-state index in [4.69, 9.17) is 0 Å². The highest BCUT2D eigenvalue weighted by atomic mass is 32.3. The van der Waals surface area contributed by atoms with Crippen LogP contribution in [-0.4, -0.2) is 117 Å². The Bertz CT molecular complexity index is 2660. The average molecular weight is 1020 g/mol. The van der Waals surface area contributed by atoms with Gasteiger partial charge in [0.15, 0.2) is 0 Å². The van der Waals surface area contributed by atoms with Gasteiger partial charge in [-0.05, 0) is 42.0 Å². The smallest absolute Gasteiger partial charge is 0.283 e. The zero-order valence-electron chi connectivity index (χ0n) is 26.9. The maximum Gasteiger partial charge on any atom is 0.370 e. The Morgan fingerprint density at radius 1 is 0.293 bits per heavy atom. The first-order valence-corrected chi connectivity index (χ1v) is 27.7. The van der Waals surface area contributed by atoms with E-state index in [2.05, 4.69) is 0 Å². The zero-order valence-corrected chi connectivity index (χ0v) is 35.2. The molecule has 0 aliphatic heterocycles. The van der Waals surface area contributed by atoms with Gasteiger partial charge in [-0.25, -0.2) is 0 Å². The molecular formula is C21H21O27PS9. The molecule has 27 nitrogen and oxygen atoms in total. The Labute approximate surface area is 329 Å². The third-order valence-electron chi connectivity index (χ3n) is 7.43.